The van der Waals surface area contributed by atoms with Crippen molar-refractivity contribution in [3.63, 3.8) is 0 Å². The van der Waals surface area contributed by atoms with E-state index < -0.39 is 6.10 Å². The van der Waals surface area contributed by atoms with Gasteiger partial charge in [0.1, 0.15) is 0 Å². The van der Waals surface area contributed by atoms with Crippen LogP contribution in [0.5, 0.6) is 0 Å². The van der Waals surface area contributed by atoms with Gasteiger partial charge in [0.15, 0.2) is 0 Å². The average Bonchev–Trinajstić information content (AvgIpc) is 3.42. The lowest BCUT2D eigenvalue weighted by molar-refractivity contribution is 0.167. The highest BCUT2D eigenvalue weighted by Gasteiger charge is 2.31. The molecule has 1 aromatic rings. The zero-order chi connectivity index (χ0) is 17.8. The normalized spacial score (nSPS) is 20.3. The van der Waals surface area contributed by atoms with Crippen molar-refractivity contribution in [3.8, 4) is 0 Å². The first-order valence-electron chi connectivity index (χ1n) is 9.53. The van der Waals surface area contributed by atoms with Crippen molar-refractivity contribution in [2.24, 2.45) is 5.92 Å². The molecule has 2 fully saturated rings. The van der Waals surface area contributed by atoms with Crippen molar-refractivity contribution in [2.75, 3.05) is 26.2 Å². The Morgan fingerprint density at radius 3 is 2.36 bits per heavy atom. The maximum absolute atomic E-state index is 12.0. The van der Waals surface area contributed by atoms with E-state index >= 15 is 0 Å². The van der Waals surface area contributed by atoms with Crippen LogP contribution in [0.25, 0.3) is 0 Å². The summed E-state index contributed by atoms with van der Waals surface area (Å²) >= 11 is 0. The minimum absolute atomic E-state index is 0.187. The fourth-order valence-corrected chi connectivity index (χ4v) is 3.77. The first-order valence-corrected chi connectivity index (χ1v) is 9.53. The Hall–Kier alpha value is -1.59. The van der Waals surface area contributed by atoms with Crippen LogP contribution in [-0.2, 0) is 0 Å². The highest BCUT2D eigenvalue weighted by molar-refractivity contribution is 5.73. The van der Waals surface area contributed by atoms with Gasteiger partial charge in [0, 0.05) is 19.1 Å². The molecule has 1 aliphatic heterocycles. The summed E-state index contributed by atoms with van der Waals surface area (Å²) in [4.78, 5) is 14.6. The molecule has 3 rings (SSSR count). The highest BCUT2D eigenvalue weighted by atomic mass is 16.3. The molecule has 1 saturated heterocycles. The van der Waals surface area contributed by atoms with E-state index in [4.69, 9.17) is 0 Å². The average molecular weight is 345 g/mol. The van der Waals surface area contributed by atoms with E-state index in [1.807, 2.05) is 26.0 Å². The van der Waals surface area contributed by atoms with Crippen LogP contribution in [0.15, 0.2) is 18.2 Å². The molecule has 1 atom stereocenters. The number of amides is 2. The van der Waals surface area contributed by atoms with Crippen LogP contribution >= 0.6 is 0 Å². The van der Waals surface area contributed by atoms with Crippen LogP contribution in [0, 0.1) is 19.8 Å². The maximum Gasteiger partial charge on any atom is 0.314 e. The Kier molecular flexibility index (Phi) is 5.97. The van der Waals surface area contributed by atoms with E-state index in [0.717, 1.165) is 29.3 Å². The van der Waals surface area contributed by atoms with Crippen molar-refractivity contribution < 1.29 is 9.90 Å². The Bertz CT molecular complexity index is 572. The maximum atomic E-state index is 12.0. The van der Waals surface area contributed by atoms with Gasteiger partial charge in [-0.05, 0) is 64.1 Å². The SMILES string of the molecule is Cc1cc(C)cc([C@H](O)CNC(=O)NCC2CCN(C3CC3)CC2)c1. The van der Waals surface area contributed by atoms with Gasteiger partial charge in [-0.1, -0.05) is 29.3 Å². The number of nitrogens with one attached hydrogen (secondary N) is 2. The van der Waals surface area contributed by atoms with Crippen LogP contribution in [-0.4, -0.2) is 48.3 Å². The number of urea groups is 1. The quantitative estimate of drug-likeness (QED) is 0.742. The predicted molar refractivity (Wildman–Crippen MR) is 99.6 cm³/mol. The fourth-order valence-electron chi connectivity index (χ4n) is 3.77. The van der Waals surface area contributed by atoms with Gasteiger partial charge < -0.3 is 20.6 Å². The topological polar surface area (TPSA) is 64.6 Å². The number of benzene rings is 1. The molecule has 1 saturated carbocycles. The molecule has 0 bridgehead atoms. The molecule has 2 amide bonds. The van der Waals surface area contributed by atoms with Gasteiger partial charge in [0.25, 0.3) is 0 Å². The zero-order valence-corrected chi connectivity index (χ0v) is 15.4. The predicted octanol–water partition coefficient (Wildman–Crippen LogP) is 2.51. The van der Waals surface area contributed by atoms with E-state index in [9.17, 15) is 9.90 Å². The second kappa shape index (κ2) is 8.19. The second-order valence-electron chi connectivity index (χ2n) is 7.74. The number of aliphatic hydroxyl groups is 1. The van der Waals surface area contributed by atoms with Gasteiger partial charge in [-0.25, -0.2) is 4.79 Å². The number of piperidine rings is 1. The van der Waals surface area contributed by atoms with Crippen LogP contribution in [0.3, 0.4) is 0 Å². The van der Waals surface area contributed by atoms with E-state index in [0.29, 0.717) is 5.92 Å². The molecule has 0 unspecified atom stereocenters. The molecule has 1 aliphatic carbocycles. The van der Waals surface area contributed by atoms with Crippen molar-refractivity contribution in [2.45, 2.75) is 51.7 Å². The molecular weight excluding hydrogens is 314 g/mol. The molecule has 0 spiro atoms. The standard InChI is InChI=1S/C20H31N3O2/c1-14-9-15(2)11-17(10-14)19(24)13-22-20(25)21-12-16-5-7-23(8-6-16)18-3-4-18/h9-11,16,18-19,24H,3-8,12-13H2,1-2H3,(H2,21,22,25)/t19-/m1/s1. The number of likely N-dealkylation sites (tertiary alicyclic amines) is 1. The van der Waals surface area contributed by atoms with Crippen molar-refractivity contribution >= 4 is 6.03 Å². The highest BCUT2D eigenvalue weighted by Crippen LogP contribution is 2.30. The lowest BCUT2D eigenvalue weighted by atomic mass is 9.97. The third kappa shape index (κ3) is 5.44. The summed E-state index contributed by atoms with van der Waals surface area (Å²) in [5.41, 5.74) is 3.09. The summed E-state index contributed by atoms with van der Waals surface area (Å²) in [6.07, 6.45) is 4.40. The molecule has 2 aliphatic rings. The number of aryl methyl sites for hydroxylation is 2. The van der Waals surface area contributed by atoms with Crippen LogP contribution < -0.4 is 10.6 Å². The van der Waals surface area contributed by atoms with Crippen molar-refractivity contribution in [3.05, 3.63) is 34.9 Å². The number of hydrogen-bond donors (Lipinski definition) is 3. The molecule has 0 radical (unpaired) electrons. The van der Waals surface area contributed by atoms with Crippen molar-refractivity contribution in [1.29, 1.82) is 0 Å². The number of nitrogens with zero attached hydrogens (tertiary/aromatic N) is 1. The Labute approximate surface area is 150 Å². The number of hydrogen-bond acceptors (Lipinski definition) is 3. The summed E-state index contributed by atoms with van der Waals surface area (Å²) in [6.45, 7) is 7.32. The smallest absolute Gasteiger partial charge is 0.314 e. The van der Waals surface area contributed by atoms with Crippen LogP contribution in [0.2, 0.25) is 0 Å². The molecule has 5 nitrogen and oxygen atoms in total. The third-order valence-electron chi connectivity index (χ3n) is 5.35. The van der Waals surface area contributed by atoms with E-state index in [2.05, 4.69) is 21.6 Å². The van der Waals surface area contributed by atoms with Crippen molar-refractivity contribution in [1.82, 2.24) is 15.5 Å². The van der Waals surface area contributed by atoms with Crippen LogP contribution in [0.1, 0.15) is 48.5 Å². The number of aliphatic hydroxyl groups excluding tert-OH is 1. The molecular formula is C20H31N3O2. The third-order valence-corrected chi connectivity index (χ3v) is 5.35. The van der Waals surface area contributed by atoms with Gasteiger partial charge in [0.05, 0.1) is 6.10 Å². The summed E-state index contributed by atoms with van der Waals surface area (Å²) in [5.74, 6) is 0.574. The van der Waals surface area contributed by atoms with Gasteiger partial charge in [-0.15, -0.1) is 0 Å². The molecule has 1 aromatic carbocycles. The number of carbonyl (C=O) groups is 1. The summed E-state index contributed by atoms with van der Waals surface area (Å²) < 4.78 is 0. The Morgan fingerprint density at radius 2 is 1.76 bits per heavy atom. The Balaban J connectivity index is 1.35. The lowest BCUT2D eigenvalue weighted by Gasteiger charge is -2.32. The first-order chi connectivity index (χ1) is 12.0. The van der Waals surface area contributed by atoms with Gasteiger partial charge in [0.2, 0.25) is 0 Å². The fraction of sp³-hybridized carbons (Fsp3) is 0.650. The van der Waals surface area contributed by atoms with E-state index in [1.54, 1.807) is 0 Å². The molecule has 3 N–H and O–H groups in total. The van der Waals surface area contributed by atoms with E-state index in [-0.39, 0.29) is 12.6 Å². The largest absolute Gasteiger partial charge is 0.387 e. The van der Waals surface area contributed by atoms with Gasteiger partial charge in [-0.3, -0.25) is 0 Å². The molecule has 25 heavy (non-hydrogen) atoms. The first kappa shape index (κ1) is 18.2. The minimum atomic E-state index is -0.675. The number of rotatable bonds is 6. The molecule has 138 valence electrons. The Morgan fingerprint density at radius 1 is 1.12 bits per heavy atom. The monoisotopic (exact) mass is 345 g/mol. The summed E-state index contributed by atoms with van der Waals surface area (Å²) in [7, 11) is 0. The second-order valence-corrected chi connectivity index (χ2v) is 7.74. The summed E-state index contributed by atoms with van der Waals surface area (Å²) in [6, 6.07) is 6.66. The van der Waals surface area contributed by atoms with Crippen LogP contribution in [0.4, 0.5) is 4.79 Å². The zero-order valence-electron chi connectivity index (χ0n) is 15.4. The van der Waals surface area contributed by atoms with Gasteiger partial charge >= 0.3 is 6.03 Å². The molecule has 0 aromatic heterocycles. The van der Waals surface area contributed by atoms with E-state index in [1.165, 1.54) is 38.8 Å². The minimum Gasteiger partial charge on any atom is -0.387 e. The lowest BCUT2D eigenvalue weighted by Crippen LogP contribution is -2.43. The molecule has 5 heteroatoms. The summed E-state index contributed by atoms with van der Waals surface area (Å²) in [5, 5.41) is 16.0. The van der Waals surface area contributed by atoms with Gasteiger partial charge in [-0.2, -0.15) is 0 Å². The molecule has 1 heterocycles. The number of carbonyl (C=O) groups excluding carboxylic acids is 1.